The van der Waals surface area contributed by atoms with Gasteiger partial charge in [0.15, 0.2) is 5.71 Å². The van der Waals surface area contributed by atoms with E-state index < -0.39 is 17.8 Å². The molecule has 8 heteroatoms. The number of hydrogen-bond acceptors (Lipinski definition) is 4. The summed E-state index contributed by atoms with van der Waals surface area (Å²) < 4.78 is 45.1. The number of ether oxygens (including phenoxy) is 1. The van der Waals surface area contributed by atoms with Crippen molar-refractivity contribution >= 4 is 11.6 Å². The molecule has 0 radical (unpaired) electrons. The predicted molar refractivity (Wildman–Crippen MR) is 89.7 cm³/mol. The molecular weight excluding hydrogens is 347 g/mol. The number of carbonyl (C=O) groups is 1. The van der Waals surface area contributed by atoms with Gasteiger partial charge in [0.2, 0.25) is 0 Å². The van der Waals surface area contributed by atoms with Crippen molar-refractivity contribution in [1.82, 2.24) is 4.90 Å². The number of carbonyl (C=O) groups excluding carboxylic acids is 1. The molecule has 1 aliphatic heterocycles. The zero-order valence-electron chi connectivity index (χ0n) is 14.4. The van der Waals surface area contributed by atoms with Crippen molar-refractivity contribution in [3.8, 4) is 11.8 Å². The summed E-state index contributed by atoms with van der Waals surface area (Å²) in [5.74, 6) is -0.816. The van der Waals surface area contributed by atoms with Gasteiger partial charge in [-0.2, -0.15) is 18.4 Å². The van der Waals surface area contributed by atoms with Crippen LogP contribution >= 0.6 is 0 Å². The van der Waals surface area contributed by atoms with Crippen LogP contribution in [0.1, 0.15) is 25.3 Å². The molecule has 0 atom stereocenters. The summed E-state index contributed by atoms with van der Waals surface area (Å²) in [6.07, 6.45) is -3.02. The van der Waals surface area contributed by atoms with E-state index in [0.29, 0.717) is 24.5 Å². The molecule has 0 spiro atoms. The van der Waals surface area contributed by atoms with E-state index in [0.717, 1.165) is 12.8 Å². The summed E-state index contributed by atoms with van der Waals surface area (Å²) in [5.41, 5.74) is -1.63. The van der Waals surface area contributed by atoms with Crippen molar-refractivity contribution in [3.05, 3.63) is 41.1 Å². The second-order valence-corrected chi connectivity index (χ2v) is 5.76. The molecule has 0 unspecified atom stereocenters. The number of nitrogens with zero attached hydrogens (tertiary/aromatic N) is 3. The summed E-state index contributed by atoms with van der Waals surface area (Å²) in [5, 5.41) is 9.26. The zero-order chi connectivity index (χ0) is 19.3. The number of alkyl halides is 3. The second-order valence-electron chi connectivity index (χ2n) is 5.76. The molecule has 26 heavy (non-hydrogen) atoms. The van der Waals surface area contributed by atoms with Crippen molar-refractivity contribution in [1.29, 1.82) is 5.26 Å². The first-order chi connectivity index (χ1) is 12.3. The van der Waals surface area contributed by atoms with Gasteiger partial charge in [0, 0.05) is 24.4 Å². The van der Waals surface area contributed by atoms with E-state index in [1.54, 1.807) is 13.0 Å². The van der Waals surface area contributed by atoms with E-state index in [9.17, 15) is 23.2 Å². The third-order valence-corrected chi connectivity index (χ3v) is 4.11. The first-order valence-electron chi connectivity index (χ1n) is 7.98. The maximum atomic E-state index is 13.4. The average molecular weight is 365 g/mol. The van der Waals surface area contributed by atoms with Crippen LogP contribution in [0.4, 0.5) is 13.2 Å². The Balaban J connectivity index is 2.43. The molecule has 0 N–H and O–H groups in total. The van der Waals surface area contributed by atoms with Gasteiger partial charge in [-0.25, -0.2) is 4.99 Å². The lowest BCUT2D eigenvalue weighted by Crippen LogP contribution is -2.26. The fraction of sp³-hybridized carbons (Fsp3) is 0.389. The molecule has 1 aliphatic rings. The molecule has 1 aromatic rings. The van der Waals surface area contributed by atoms with Gasteiger partial charge in [-0.1, -0.05) is 0 Å². The summed E-state index contributed by atoms with van der Waals surface area (Å²) in [4.78, 5) is 17.4. The van der Waals surface area contributed by atoms with E-state index in [-0.39, 0.29) is 11.1 Å². The van der Waals surface area contributed by atoms with Gasteiger partial charge in [0.1, 0.15) is 17.4 Å². The van der Waals surface area contributed by atoms with Crippen molar-refractivity contribution in [2.75, 3.05) is 20.2 Å². The highest BCUT2D eigenvalue weighted by Crippen LogP contribution is 2.25. The first-order valence-corrected chi connectivity index (χ1v) is 7.98. The number of benzene rings is 1. The maximum Gasteiger partial charge on any atom is 0.434 e. The van der Waals surface area contributed by atoms with E-state index in [1.165, 1.54) is 31.4 Å². The number of allylic oxidation sites excluding steroid dienone is 1. The van der Waals surface area contributed by atoms with E-state index in [4.69, 9.17) is 4.74 Å². The third-order valence-electron chi connectivity index (χ3n) is 4.11. The van der Waals surface area contributed by atoms with Gasteiger partial charge in [0.25, 0.3) is 5.91 Å². The van der Waals surface area contributed by atoms with Crippen LogP contribution in [0.5, 0.6) is 5.75 Å². The van der Waals surface area contributed by atoms with Crippen molar-refractivity contribution in [2.24, 2.45) is 4.99 Å². The SMILES string of the molecule is COc1ccc(C(=NC(=O)/C(C#N)=C(/C)N2CCCC2)C(F)(F)F)cc1. The van der Waals surface area contributed by atoms with Crippen LogP contribution in [-0.4, -0.2) is 42.9 Å². The molecule has 0 saturated carbocycles. The van der Waals surface area contributed by atoms with Crippen molar-refractivity contribution < 1.29 is 22.7 Å². The third kappa shape index (κ3) is 4.42. The summed E-state index contributed by atoms with van der Waals surface area (Å²) in [6, 6.07) is 6.73. The van der Waals surface area contributed by atoms with Crippen LogP contribution < -0.4 is 4.74 Å². The smallest absolute Gasteiger partial charge is 0.434 e. The van der Waals surface area contributed by atoms with Crippen LogP contribution in [0, 0.1) is 11.3 Å². The Morgan fingerprint density at radius 3 is 2.27 bits per heavy atom. The summed E-state index contributed by atoms with van der Waals surface area (Å²) >= 11 is 0. The number of halogens is 3. The molecule has 1 saturated heterocycles. The quantitative estimate of drug-likeness (QED) is 0.466. The minimum absolute atomic E-state index is 0.275. The van der Waals surface area contributed by atoms with Crippen LogP contribution in [-0.2, 0) is 4.79 Å². The molecule has 1 heterocycles. The molecule has 138 valence electrons. The molecule has 0 aliphatic carbocycles. The number of aliphatic imine (C=N–C) groups is 1. The van der Waals surface area contributed by atoms with Crippen molar-refractivity contribution in [2.45, 2.75) is 25.9 Å². The van der Waals surface area contributed by atoms with Gasteiger partial charge in [-0.05, 0) is 44.0 Å². The topological polar surface area (TPSA) is 65.7 Å². The molecule has 1 fully saturated rings. The molecule has 0 bridgehead atoms. The Morgan fingerprint density at radius 2 is 1.81 bits per heavy atom. The normalized spacial score (nSPS) is 16.2. The first kappa shape index (κ1) is 19.5. The predicted octanol–water partition coefficient (Wildman–Crippen LogP) is 3.47. The highest BCUT2D eigenvalue weighted by molar-refractivity contribution is 6.13. The lowest BCUT2D eigenvalue weighted by Gasteiger charge is -2.19. The van der Waals surface area contributed by atoms with Gasteiger partial charge >= 0.3 is 6.18 Å². The minimum Gasteiger partial charge on any atom is -0.497 e. The van der Waals surface area contributed by atoms with E-state index >= 15 is 0 Å². The van der Waals surface area contributed by atoms with Crippen LogP contribution in [0.25, 0.3) is 0 Å². The van der Waals surface area contributed by atoms with Crippen LogP contribution in [0.2, 0.25) is 0 Å². The summed E-state index contributed by atoms with van der Waals surface area (Å²) in [7, 11) is 1.39. The van der Waals surface area contributed by atoms with Crippen LogP contribution in [0.3, 0.4) is 0 Å². The fourth-order valence-corrected chi connectivity index (χ4v) is 2.69. The number of hydrogen-bond donors (Lipinski definition) is 0. The van der Waals surface area contributed by atoms with Gasteiger partial charge in [-0.3, -0.25) is 4.79 Å². The average Bonchev–Trinajstić information content (AvgIpc) is 3.14. The molecular formula is C18H18F3N3O2. The molecule has 5 nitrogen and oxygen atoms in total. The molecule has 2 rings (SSSR count). The van der Waals surface area contributed by atoms with Gasteiger partial charge in [-0.15, -0.1) is 0 Å². The van der Waals surface area contributed by atoms with Gasteiger partial charge in [0.05, 0.1) is 7.11 Å². The lowest BCUT2D eigenvalue weighted by atomic mass is 10.1. The van der Waals surface area contributed by atoms with Gasteiger partial charge < -0.3 is 9.64 Å². The fourth-order valence-electron chi connectivity index (χ4n) is 2.69. The second kappa shape index (κ2) is 8.04. The number of rotatable bonds is 4. The molecule has 0 aromatic heterocycles. The minimum atomic E-state index is -4.84. The standard InChI is InChI=1S/C18H18F3N3O2/c1-12(24-9-3-4-10-24)15(11-22)17(25)23-16(18(19,20)21)13-5-7-14(26-2)8-6-13/h5-8H,3-4,9-10H2,1-2H3/b15-12-,23-16?. The number of nitriles is 1. The van der Waals surface area contributed by atoms with E-state index in [2.05, 4.69) is 4.99 Å². The monoisotopic (exact) mass is 365 g/mol. The highest BCUT2D eigenvalue weighted by Gasteiger charge is 2.38. The number of likely N-dealkylation sites (tertiary alicyclic amines) is 1. The van der Waals surface area contributed by atoms with E-state index in [1.807, 2.05) is 4.90 Å². The largest absolute Gasteiger partial charge is 0.497 e. The Morgan fingerprint density at radius 1 is 1.23 bits per heavy atom. The molecule has 1 amide bonds. The Hall–Kier alpha value is -2.82. The Kier molecular flexibility index (Phi) is 6.03. The number of methoxy groups -OCH3 is 1. The highest BCUT2D eigenvalue weighted by atomic mass is 19.4. The lowest BCUT2D eigenvalue weighted by molar-refractivity contribution is -0.114. The zero-order valence-corrected chi connectivity index (χ0v) is 14.4. The van der Waals surface area contributed by atoms with Crippen molar-refractivity contribution in [3.63, 3.8) is 0 Å². The molecule has 1 aromatic carbocycles. The summed E-state index contributed by atoms with van der Waals surface area (Å²) in [6.45, 7) is 2.88. The Labute approximate surface area is 149 Å². The van der Waals surface area contributed by atoms with Crippen LogP contribution in [0.15, 0.2) is 40.5 Å². The Bertz CT molecular complexity index is 768. The number of amides is 1. The maximum absolute atomic E-state index is 13.4.